The standard InChI is InChI=1S/C19H23NO4/c1-10-9-19(2)14(6-8-16(19)22)13-4-3-12-11(17(10)13)5-7-15(21)18(12)20(23)24/h5,7,10,13-14,17,21H,3-4,6,8-9H2,1-2H3/t10-,13?,14?,17?,19-/m0/s1. The van der Waals surface area contributed by atoms with E-state index in [9.17, 15) is 20.0 Å². The van der Waals surface area contributed by atoms with Crippen molar-refractivity contribution in [3.63, 3.8) is 0 Å². The number of nitro benzene ring substituents is 1. The van der Waals surface area contributed by atoms with E-state index < -0.39 is 4.92 Å². The monoisotopic (exact) mass is 329 g/mol. The van der Waals surface area contributed by atoms with Gasteiger partial charge in [-0.3, -0.25) is 14.9 Å². The highest BCUT2D eigenvalue weighted by Crippen LogP contribution is 2.62. The molecule has 2 saturated carbocycles. The molecule has 5 heteroatoms. The maximum absolute atomic E-state index is 12.5. The minimum absolute atomic E-state index is 0.117. The lowest BCUT2D eigenvalue weighted by atomic mass is 9.52. The number of phenols is 1. The average molecular weight is 329 g/mol. The molecule has 128 valence electrons. The first-order valence-corrected chi connectivity index (χ1v) is 8.87. The van der Waals surface area contributed by atoms with E-state index in [0.717, 1.165) is 24.8 Å². The molecule has 24 heavy (non-hydrogen) atoms. The molecular formula is C19H23NO4. The van der Waals surface area contributed by atoms with Crippen molar-refractivity contribution in [1.29, 1.82) is 0 Å². The molecule has 1 aromatic rings. The summed E-state index contributed by atoms with van der Waals surface area (Å²) in [6.07, 6.45) is 4.00. The highest BCUT2D eigenvalue weighted by molar-refractivity contribution is 5.87. The Morgan fingerprint density at radius 1 is 1.29 bits per heavy atom. The van der Waals surface area contributed by atoms with Crippen LogP contribution in [0, 0.1) is 33.3 Å². The number of nitrogens with zero attached hydrogens (tertiary/aromatic N) is 1. The molecule has 5 nitrogen and oxygen atoms in total. The van der Waals surface area contributed by atoms with Crippen molar-refractivity contribution in [1.82, 2.24) is 0 Å². The Kier molecular flexibility index (Phi) is 3.28. The number of fused-ring (bicyclic) bond motifs is 5. The number of carbonyl (C=O) groups is 1. The van der Waals surface area contributed by atoms with E-state index in [4.69, 9.17) is 0 Å². The molecule has 3 unspecified atom stereocenters. The third-order valence-electron chi connectivity index (χ3n) is 7.04. The second-order valence-corrected chi connectivity index (χ2v) is 8.15. The van der Waals surface area contributed by atoms with Crippen LogP contribution in [0.25, 0.3) is 0 Å². The molecule has 0 amide bonds. The molecular weight excluding hydrogens is 306 g/mol. The zero-order valence-electron chi connectivity index (χ0n) is 14.1. The molecule has 3 aliphatic carbocycles. The molecule has 2 fully saturated rings. The highest BCUT2D eigenvalue weighted by atomic mass is 16.6. The third kappa shape index (κ3) is 1.90. The number of nitro groups is 1. The number of hydrogen-bond donors (Lipinski definition) is 1. The Morgan fingerprint density at radius 2 is 2.04 bits per heavy atom. The number of aromatic hydroxyl groups is 1. The summed E-state index contributed by atoms with van der Waals surface area (Å²) in [5.74, 6) is 1.56. The number of Topliss-reactive ketones (excluding diaryl/α,β-unsaturated/α-hetero) is 1. The maximum Gasteiger partial charge on any atom is 0.314 e. The SMILES string of the molecule is C[C@H]1C[C@]2(C)C(=O)CCC2C2CCc3c(ccc(O)c3[N+](=O)[O-])C21. The zero-order chi connectivity index (χ0) is 17.2. The number of benzene rings is 1. The summed E-state index contributed by atoms with van der Waals surface area (Å²) >= 11 is 0. The number of hydrogen-bond acceptors (Lipinski definition) is 4. The van der Waals surface area contributed by atoms with Gasteiger partial charge in [-0.15, -0.1) is 0 Å². The summed E-state index contributed by atoms with van der Waals surface area (Å²) in [5, 5.41) is 21.4. The Hall–Kier alpha value is -1.91. The fourth-order valence-electron chi connectivity index (χ4n) is 6.16. The summed E-state index contributed by atoms with van der Waals surface area (Å²) in [7, 11) is 0. The molecule has 0 aromatic heterocycles. The smallest absolute Gasteiger partial charge is 0.314 e. The van der Waals surface area contributed by atoms with Crippen LogP contribution in [0.1, 0.15) is 56.6 Å². The molecule has 1 aromatic carbocycles. The predicted molar refractivity (Wildman–Crippen MR) is 88.9 cm³/mol. The first kappa shape index (κ1) is 15.6. The molecule has 0 heterocycles. The number of rotatable bonds is 1. The van der Waals surface area contributed by atoms with Gasteiger partial charge in [0.05, 0.1) is 4.92 Å². The third-order valence-corrected chi connectivity index (χ3v) is 7.04. The van der Waals surface area contributed by atoms with Gasteiger partial charge in [0.2, 0.25) is 0 Å². The van der Waals surface area contributed by atoms with Crippen LogP contribution in [0.5, 0.6) is 5.75 Å². The van der Waals surface area contributed by atoms with E-state index in [0.29, 0.717) is 41.9 Å². The summed E-state index contributed by atoms with van der Waals surface area (Å²) in [6, 6.07) is 3.35. The topological polar surface area (TPSA) is 80.4 Å². The van der Waals surface area contributed by atoms with Crippen LogP contribution >= 0.6 is 0 Å². The molecule has 3 aliphatic rings. The van der Waals surface area contributed by atoms with Crippen molar-refractivity contribution in [3.05, 3.63) is 33.4 Å². The molecule has 0 saturated heterocycles. The first-order valence-electron chi connectivity index (χ1n) is 8.87. The highest BCUT2D eigenvalue weighted by Gasteiger charge is 2.57. The van der Waals surface area contributed by atoms with Crippen LogP contribution in [0.3, 0.4) is 0 Å². The van der Waals surface area contributed by atoms with E-state index in [1.54, 1.807) is 0 Å². The molecule has 1 N–H and O–H groups in total. The number of carbonyl (C=O) groups excluding carboxylic acids is 1. The normalized spacial score (nSPS) is 37.5. The maximum atomic E-state index is 12.5. The molecule has 0 aliphatic heterocycles. The van der Waals surface area contributed by atoms with E-state index >= 15 is 0 Å². The number of phenolic OH excluding ortho intramolecular Hbond substituents is 1. The number of ketones is 1. The van der Waals surface area contributed by atoms with Crippen LogP contribution in [-0.2, 0) is 11.2 Å². The Bertz CT molecular complexity index is 743. The lowest BCUT2D eigenvalue weighted by Gasteiger charge is -2.51. The Labute approximate surface area is 141 Å². The lowest BCUT2D eigenvalue weighted by molar-refractivity contribution is -0.386. The van der Waals surface area contributed by atoms with Crippen molar-refractivity contribution in [2.45, 2.75) is 51.9 Å². The molecule has 4 rings (SSSR count). The van der Waals surface area contributed by atoms with Crippen LogP contribution in [0.15, 0.2) is 12.1 Å². The van der Waals surface area contributed by atoms with E-state index in [-0.39, 0.29) is 22.8 Å². The van der Waals surface area contributed by atoms with Gasteiger partial charge in [0.15, 0.2) is 5.75 Å². The Balaban J connectivity index is 1.82. The molecule has 0 bridgehead atoms. The van der Waals surface area contributed by atoms with E-state index in [2.05, 4.69) is 13.8 Å². The summed E-state index contributed by atoms with van der Waals surface area (Å²) in [4.78, 5) is 23.4. The second-order valence-electron chi connectivity index (χ2n) is 8.15. The van der Waals surface area contributed by atoms with Gasteiger partial charge < -0.3 is 5.11 Å². The predicted octanol–water partition coefficient (Wildman–Crippen LogP) is 3.97. The quantitative estimate of drug-likeness (QED) is 0.624. The summed E-state index contributed by atoms with van der Waals surface area (Å²) in [6.45, 7) is 4.31. The molecule has 0 radical (unpaired) electrons. The average Bonchev–Trinajstić information content (AvgIpc) is 2.81. The van der Waals surface area contributed by atoms with Gasteiger partial charge in [0.25, 0.3) is 0 Å². The van der Waals surface area contributed by atoms with Gasteiger partial charge in [-0.25, -0.2) is 0 Å². The van der Waals surface area contributed by atoms with Crippen molar-refractivity contribution < 1.29 is 14.8 Å². The second kappa shape index (κ2) is 5.04. The Morgan fingerprint density at radius 3 is 2.75 bits per heavy atom. The summed E-state index contributed by atoms with van der Waals surface area (Å²) < 4.78 is 0. The van der Waals surface area contributed by atoms with Crippen molar-refractivity contribution in [2.75, 3.05) is 0 Å². The fraction of sp³-hybridized carbons (Fsp3) is 0.632. The van der Waals surface area contributed by atoms with E-state index in [1.807, 2.05) is 6.07 Å². The van der Waals surface area contributed by atoms with Gasteiger partial charge in [-0.2, -0.15) is 0 Å². The fourth-order valence-corrected chi connectivity index (χ4v) is 6.16. The van der Waals surface area contributed by atoms with Crippen LogP contribution in [0.2, 0.25) is 0 Å². The van der Waals surface area contributed by atoms with Gasteiger partial charge in [-0.05, 0) is 61.0 Å². The van der Waals surface area contributed by atoms with Gasteiger partial charge in [0, 0.05) is 17.4 Å². The largest absolute Gasteiger partial charge is 0.502 e. The minimum atomic E-state index is -0.453. The zero-order valence-corrected chi connectivity index (χ0v) is 14.1. The van der Waals surface area contributed by atoms with E-state index in [1.165, 1.54) is 6.07 Å². The van der Waals surface area contributed by atoms with Crippen LogP contribution < -0.4 is 0 Å². The molecule has 0 spiro atoms. The van der Waals surface area contributed by atoms with Crippen molar-refractivity contribution in [2.24, 2.45) is 23.2 Å². The lowest BCUT2D eigenvalue weighted by Crippen LogP contribution is -2.46. The molecule has 5 atom stereocenters. The van der Waals surface area contributed by atoms with Crippen molar-refractivity contribution >= 4 is 11.5 Å². The van der Waals surface area contributed by atoms with Crippen LogP contribution in [0.4, 0.5) is 5.69 Å². The van der Waals surface area contributed by atoms with Crippen molar-refractivity contribution in [3.8, 4) is 5.75 Å². The van der Waals surface area contributed by atoms with Crippen LogP contribution in [-0.4, -0.2) is 15.8 Å². The van der Waals surface area contributed by atoms with Gasteiger partial charge >= 0.3 is 5.69 Å². The van der Waals surface area contributed by atoms with Gasteiger partial charge in [-0.1, -0.05) is 19.9 Å². The summed E-state index contributed by atoms with van der Waals surface area (Å²) in [5.41, 5.74) is 1.42. The van der Waals surface area contributed by atoms with Gasteiger partial charge in [0.1, 0.15) is 5.78 Å². The first-order chi connectivity index (χ1) is 11.3. The minimum Gasteiger partial charge on any atom is -0.502 e.